The third-order valence-corrected chi connectivity index (χ3v) is 6.88. The highest BCUT2D eigenvalue weighted by Crippen LogP contribution is 2.30. The maximum atomic E-state index is 3.01. The molecule has 23 heavy (non-hydrogen) atoms. The molecule has 2 nitrogen and oxygen atoms in total. The second-order valence-corrected chi connectivity index (χ2v) is 8.67. The number of halogens is 1. The van der Waals surface area contributed by atoms with Crippen LogP contribution in [0.1, 0.15) is 83.5 Å². The van der Waals surface area contributed by atoms with Gasteiger partial charge in [-0.3, -0.25) is 4.90 Å². The van der Waals surface area contributed by atoms with Crippen molar-refractivity contribution in [2.45, 2.75) is 95.6 Å². The third-order valence-electron chi connectivity index (χ3n) is 6.88. The number of hydrogen-bond acceptors (Lipinski definition) is 1. The minimum Gasteiger partial charge on any atom is -1.00 e. The van der Waals surface area contributed by atoms with Crippen molar-refractivity contribution in [3.8, 4) is 0 Å². The van der Waals surface area contributed by atoms with Crippen molar-refractivity contribution in [1.29, 1.82) is 0 Å². The lowest BCUT2D eigenvalue weighted by Gasteiger charge is -2.45. The molecule has 2 saturated carbocycles. The molecular formula is C20H39ClN2. The van der Waals surface area contributed by atoms with Crippen molar-refractivity contribution in [3.05, 3.63) is 0 Å². The SMILES string of the molecule is C[N+]1(CCN(C2CCCCC2)C2CCCCC2)CCCCC1.[Cl-]. The Morgan fingerprint density at radius 2 is 1.13 bits per heavy atom. The summed E-state index contributed by atoms with van der Waals surface area (Å²) >= 11 is 0. The van der Waals surface area contributed by atoms with E-state index in [1.807, 2.05) is 0 Å². The smallest absolute Gasteiger partial charge is 0.0914 e. The fourth-order valence-corrected chi connectivity index (χ4v) is 5.34. The van der Waals surface area contributed by atoms with Gasteiger partial charge in [0, 0.05) is 18.6 Å². The molecule has 0 unspecified atom stereocenters. The van der Waals surface area contributed by atoms with Gasteiger partial charge in [-0.05, 0) is 44.9 Å². The standard InChI is InChI=1S/C20H39N2.ClH/c1-22(16-9-4-10-17-22)18-15-21(19-11-5-2-6-12-19)20-13-7-3-8-14-20;/h19-20H,2-18H2,1H3;1H/q+1;/p-1. The van der Waals surface area contributed by atoms with Gasteiger partial charge >= 0.3 is 0 Å². The monoisotopic (exact) mass is 342 g/mol. The van der Waals surface area contributed by atoms with Gasteiger partial charge in [0.15, 0.2) is 0 Å². The molecule has 0 spiro atoms. The van der Waals surface area contributed by atoms with Gasteiger partial charge in [-0.15, -0.1) is 0 Å². The predicted octanol–water partition coefficient (Wildman–Crippen LogP) is 1.59. The van der Waals surface area contributed by atoms with Gasteiger partial charge in [-0.25, -0.2) is 0 Å². The molecule has 0 aromatic rings. The number of piperidine rings is 1. The van der Waals surface area contributed by atoms with Crippen LogP contribution in [0.3, 0.4) is 0 Å². The van der Waals surface area contributed by atoms with E-state index in [2.05, 4.69) is 11.9 Å². The van der Waals surface area contributed by atoms with Crippen molar-refractivity contribution in [2.24, 2.45) is 0 Å². The van der Waals surface area contributed by atoms with E-state index in [9.17, 15) is 0 Å². The largest absolute Gasteiger partial charge is 1.00 e. The lowest BCUT2D eigenvalue weighted by molar-refractivity contribution is -0.913. The highest BCUT2D eigenvalue weighted by atomic mass is 35.5. The van der Waals surface area contributed by atoms with Gasteiger partial charge in [0.2, 0.25) is 0 Å². The van der Waals surface area contributed by atoms with Crippen LogP contribution in [0.2, 0.25) is 0 Å². The number of likely N-dealkylation sites (tertiary alicyclic amines) is 1. The van der Waals surface area contributed by atoms with Crippen LogP contribution in [0.4, 0.5) is 0 Å². The zero-order valence-corrected chi connectivity index (χ0v) is 16.2. The van der Waals surface area contributed by atoms with Gasteiger partial charge in [0.1, 0.15) is 0 Å². The molecule has 0 amide bonds. The zero-order valence-electron chi connectivity index (χ0n) is 15.4. The molecule has 3 fully saturated rings. The number of hydrogen-bond donors (Lipinski definition) is 0. The second-order valence-electron chi connectivity index (χ2n) is 8.67. The zero-order chi connectivity index (χ0) is 15.3. The molecule has 1 aliphatic heterocycles. The van der Waals surface area contributed by atoms with Crippen LogP contribution < -0.4 is 12.4 Å². The Kier molecular flexibility index (Phi) is 8.18. The molecule has 0 N–H and O–H groups in total. The third kappa shape index (κ3) is 5.61. The summed E-state index contributed by atoms with van der Waals surface area (Å²) in [5.41, 5.74) is 0. The first kappa shape index (κ1) is 19.5. The van der Waals surface area contributed by atoms with Crippen LogP contribution in [0, 0.1) is 0 Å². The highest BCUT2D eigenvalue weighted by Gasteiger charge is 2.32. The van der Waals surface area contributed by atoms with Gasteiger partial charge in [0.25, 0.3) is 0 Å². The number of rotatable bonds is 5. The van der Waals surface area contributed by atoms with Crippen molar-refractivity contribution >= 4 is 0 Å². The summed E-state index contributed by atoms with van der Waals surface area (Å²) in [6.07, 6.45) is 19.3. The lowest BCUT2D eigenvalue weighted by Crippen LogP contribution is -3.00. The summed E-state index contributed by atoms with van der Waals surface area (Å²) in [7, 11) is 2.53. The Morgan fingerprint density at radius 1 is 0.696 bits per heavy atom. The summed E-state index contributed by atoms with van der Waals surface area (Å²) in [5.74, 6) is 0. The van der Waals surface area contributed by atoms with Gasteiger partial charge < -0.3 is 16.9 Å². The molecular weight excluding hydrogens is 304 g/mol. The van der Waals surface area contributed by atoms with Crippen LogP contribution in [0.5, 0.6) is 0 Å². The molecule has 0 radical (unpaired) electrons. The minimum atomic E-state index is 0. The Balaban J connectivity index is 0.00000192. The van der Waals surface area contributed by atoms with E-state index < -0.39 is 0 Å². The van der Waals surface area contributed by atoms with E-state index in [0.29, 0.717) is 0 Å². The van der Waals surface area contributed by atoms with Crippen molar-refractivity contribution in [1.82, 2.24) is 4.90 Å². The maximum Gasteiger partial charge on any atom is 0.0914 e. The van der Waals surface area contributed by atoms with Crippen LogP contribution in [-0.2, 0) is 0 Å². The first-order valence-corrected chi connectivity index (χ1v) is 10.4. The van der Waals surface area contributed by atoms with E-state index in [0.717, 1.165) is 12.1 Å². The summed E-state index contributed by atoms with van der Waals surface area (Å²) in [6, 6.07) is 1.85. The first-order chi connectivity index (χ1) is 10.8. The Bertz CT molecular complexity index is 298. The first-order valence-electron chi connectivity index (χ1n) is 10.4. The van der Waals surface area contributed by atoms with Crippen LogP contribution in [-0.4, -0.2) is 54.7 Å². The quantitative estimate of drug-likeness (QED) is 0.686. The summed E-state index contributed by atoms with van der Waals surface area (Å²) < 4.78 is 1.36. The summed E-state index contributed by atoms with van der Waals surface area (Å²) in [6.45, 7) is 5.66. The lowest BCUT2D eigenvalue weighted by atomic mass is 9.88. The van der Waals surface area contributed by atoms with E-state index in [4.69, 9.17) is 0 Å². The second kappa shape index (κ2) is 9.63. The normalized spacial score (nSPS) is 26.9. The Labute approximate surface area is 151 Å². The molecule has 136 valence electrons. The Morgan fingerprint density at radius 3 is 1.61 bits per heavy atom. The van der Waals surface area contributed by atoms with Crippen molar-refractivity contribution in [3.63, 3.8) is 0 Å². The molecule has 1 heterocycles. The van der Waals surface area contributed by atoms with Crippen LogP contribution in [0.25, 0.3) is 0 Å². The molecule has 3 rings (SSSR count). The van der Waals surface area contributed by atoms with E-state index in [-0.39, 0.29) is 12.4 Å². The van der Waals surface area contributed by atoms with Gasteiger partial charge in [-0.1, -0.05) is 38.5 Å². The van der Waals surface area contributed by atoms with Gasteiger partial charge in [0.05, 0.1) is 26.7 Å². The van der Waals surface area contributed by atoms with E-state index >= 15 is 0 Å². The summed E-state index contributed by atoms with van der Waals surface area (Å²) in [5, 5.41) is 0. The molecule has 0 atom stereocenters. The topological polar surface area (TPSA) is 3.24 Å². The molecule has 1 saturated heterocycles. The van der Waals surface area contributed by atoms with E-state index in [1.54, 1.807) is 0 Å². The average molecular weight is 343 g/mol. The summed E-state index contributed by atoms with van der Waals surface area (Å²) in [4.78, 5) is 3.01. The molecule has 3 aliphatic rings. The van der Waals surface area contributed by atoms with Crippen LogP contribution >= 0.6 is 0 Å². The average Bonchev–Trinajstić information content (AvgIpc) is 2.58. The fourth-order valence-electron chi connectivity index (χ4n) is 5.34. The minimum absolute atomic E-state index is 0. The number of quaternary nitrogens is 1. The molecule has 0 aromatic carbocycles. The Hall–Kier alpha value is 0.210. The maximum absolute atomic E-state index is 3.01. The predicted molar refractivity (Wildman–Crippen MR) is 95.1 cm³/mol. The molecule has 0 aromatic heterocycles. The highest BCUT2D eigenvalue weighted by molar-refractivity contribution is 4.83. The number of nitrogens with zero attached hydrogens (tertiary/aromatic N) is 2. The molecule has 0 bridgehead atoms. The van der Waals surface area contributed by atoms with Gasteiger partial charge in [-0.2, -0.15) is 0 Å². The van der Waals surface area contributed by atoms with Crippen molar-refractivity contribution in [2.75, 3.05) is 33.2 Å². The van der Waals surface area contributed by atoms with E-state index in [1.165, 1.54) is 114 Å². The molecule has 3 heteroatoms. The van der Waals surface area contributed by atoms with Crippen molar-refractivity contribution < 1.29 is 16.9 Å². The molecule has 2 aliphatic carbocycles. The van der Waals surface area contributed by atoms with Crippen LogP contribution in [0.15, 0.2) is 0 Å². The fraction of sp³-hybridized carbons (Fsp3) is 1.00. The number of likely N-dealkylation sites (N-methyl/N-ethyl adjacent to an activating group) is 1.